The van der Waals surface area contributed by atoms with E-state index >= 15 is 0 Å². The van der Waals surface area contributed by atoms with Crippen LogP contribution in [0.4, 0.5) is 5.69 Å². The molecule has 1 aliphatic carbocycles. The first kappa shape index (κ1) is 28.2. The van der Waals surface area contributed by atoms with Crippen LogP contribution in [-0.4, -0.2) is 84.6 Å². The molecule has 7 atom stereocenters. The van der Waals surface area contributed by atoms with Crippen molar-refractivity contribution in [1.82, 2.24) is 15.1 Å². The lowest BCUT2D eigenvalue weighted by atomic mass is 9.74. The SMILES string of the molecule is COc1cccc(NC(=O)[C@@H]2[C@@H]3C=C[C@]4(O3)[C@@H]2C(=O)N(CCN2CCCCCC2)[C@H]4C(=O)N[C@@H]2CCCC[C@@H]2C)c1. The normalized spacial score (nSPS) is 34.8. The number of anilines is 1. The molecule has 3 amide bonds. The van der Waals surface area contributed by atoms with Gasteiger partial charge in [-0.15, -0.1) is 0 Å². The van der Waals surface area contributed by atoms with Crippen LogP contribution in [0, 0.1) is 17.8 Å². The zero-order valence-electron chi connectivity index (χ0n) is 24.3. The molecule has 6 rings (SSSR count). The van der Waals surface area contributed by atoms with Crippen molar-refractivity contribution in [2.45, 2.75) is 82.1 Å². The first-order valence-electron chi connectivity index (χ1n) is 15.6. The second kappa shape index (κ2) is 11.8. The average Bonchev–Trinajstić information content (AvgIpc) is 3.52. The van der Waals surface area contributed by atoms with Gasteiger partial charge in [0.1, 0.15) is 17.4 Å². The van der Waals surface area contributed by atoms with Gasteiger partial charge in [-0.05, 0) is 56.8 Å². The predicted octanol–water partition coefficient (Wildman–Crippen LogP) is 3.36. The van der Waals surface area contributed by atoms with Crippen LogP contribution in [0.15, 0.2) is 36.4 Å². The smallest absolute Gasteiger partial charge is 0.246 e. The second-order valence-corrected chi connectivity index (χ2v) is 12.6. The first-order chi connectivity index (χ1) is 19.9. The molecule has 41 heavy (non-hydrogen) atoms. The van der Waals surface area contributed by atoms with E-state index in [9.17, 15) is 14.4 Å². The number of nitrogens with zero attached hydrogens (tertiary/aromatic N) is 2. The van der Waals surface area contributed by atoms with Crippen molar-refractivity contribution in [3.63, 3.8) is 0 Å². The summed E-state index contributed by atoms with van der Waals surface area (Å²) in [6, 6.07) is 6.47. The van der Waals surface area contributed by atoms with E-state index in [0.29, 0.717) is 30.4 Å². The van der Waals surface area contributed by atoms with Crippen LogP contribution < -0.4 is 15.4 Å². The lowest BCUT2D eigenvalue weighted by Crippen LogP contribution is -2.58. The number of carbonyl (C=O) groups excluding carboxylic acids is 3. The summed E-state index contributed by atoms with van der Waals surface area (Å²) in [6.07, 6.45) is 12.3. The number of hydrogen-bond donors (Lipinski definition) is 2. The molecule has 2 N–H and O–H groups in total. The number of hydrogen-bond acceptors (Lipinski definition) is 6. The maximum Gasteiger partial charge on any atom is 0.246 e. The van der Waals surface area contributed by atoms with E-state index in [1.807, 2.05) is 24.3 Å². The predicted molar refractivity (Wildman–Crippen MR) is 155 cm³/mol. The van der Waals surface area contributed by atoms with Crippen LogP contribution in [0.1, 0.15) is 58.3 Å². The van der Waals surface area contributed by atoms with Crippen LogP contribution in [0.3, 0.4) is 0 Å². The van der Waals surface area contributed by atoms with Crippen LogP contribution >= 0.6 is 0 Å². The molecule has 9 nitrogen and oxygen atoms in total. The molecule has 3 saturated heterocycles. The minimum absolute atomic E-state index is 0.0870. The van der Waals surface area contributed by atoms with Gasteiger partial charge in [-0.2, -0.15) is 0 Å². The van der Waals surface area contributed by atoms with Gasteiger partial charge in [0.25, 0.3) is 0 Å². The molecule has 4 fully saturated rings. The lowest BCUT2D eigenvalue weighted by molar-refractivity contribution is -0.141. The molecular formula is C32H44N4O5. The summed E-state index contributed by atoms with van der Waals surface area (Å²) < 4.78 is 11.8. The Balaban J connectivity index is 1.27. The molecule has 9 heteroatoms. The van der Waals surface area contributed by atoms with E-state index in [-0.39, 0.29) is 23.8 Å². The third kappa shape index (κ3) is 5.27. The van der Waals surface area contributed by atoms with Gasteiger partial charge in [0.2, 0.25) is 17.7 Å². The zero-order valence-corrected chi connectivity index (χ0v) is 24.3. The number of rotatable bonds is 8. The molecule has 4 heterocycles. The Morgan fingerprint density at radius 3 is 2.59 bits per heavy atom. The molecule has 0 aromatic heterocycles. The summed E-state index contributed by atoms with van der Waals surface area (Å²) in [4.78, 5) is 46.3. The van der Waals surface area contributed by atoms with E-state index < -0.39 is 29.6 Å². The number of carbonyl (C=O) groups is 3. The monoisotopic (exact) mass is 564 g/mol. The molecule has 1 aromatic carbocycles. The van der Waals surface area contributed by atoms with E-state index in [0.717, 1.165) is 45.2 Å². The summed E-state index contributed by atoms with van der Waals surface area (Å²) >= 11 is 0. The fourth-order valence-electron chi connectivity index (χ4n) is 7.84. The highest BCUT2D eigenvalue weighted by atomic mass is 16.5. The Bertz CT molecular complexity index is 1180. The van der Waals surface area contributed by atoms with Gasteiger partial charge < -0.3 is 29.9 Å². The highest BCUT2D eigenvalue weighted by Crippen LogP contribution is 2.55. The number of benzene rings is 1. The zero-order chi connectivity index (χ0) is 28.6. The summed E-state index contributed by atoms with van der Waals surface area (Å²) in [5, 5.41) is 6.30. The molecule has 4 aliphatic heterocycles. The fraction of sp³-hybridized carbons (Fsp3) is 0.656. The highest BCUT2D eigenvalue weighted by Gasteiger charge is 2.72. The summed E-state index contributed by atoms with van der Waals surface area (Å²) in [7, 11) is 1.58. The van der Waals surface area contributed by atoms with E-state index in [2.05, 4.69) is 22.5 Å². The molecule has 1 saturated carbocycles. The Kier molecular flexibility index (Phi) is 8.10. The average molecular weight is 565 g/mol. The molecule has 5 aliphatic rings. The minimum Gasteiger partial charge on any atom is -0.497 e. The van der Waals surface area contributed by atoms with Crippen molar-refractivity contribution < 1.29 is 23.9 Å². The Hall–Kier alpha value is -2.91. The van der Waals surface area contributed by atoms with Gasteiger partial charge in [0.05, 0.1) is 25.0 Å². The number of amides is 3. The maximum absolute atomic E-state index is 14.3. The number of nitrogens with one attached hydrogen (secondary N) is 2. The van der Waals surface area contributed by atoms with Crippen LogP contribution in [0.25, 0.3) is 0 Å². The fourth-order valence-corrected chi connectivity index (χ4v) is 7.84. The minimum atomic E-state index is -1.14. The Morgan fingerprint density at radius 2 is 1.83 bits per heavy atom. The van der Waals surface area contributed by atoms with E-state index in [1.165, 1.54) is 19.3 Å². The van der Waals surface area contributed by atoms with Crippen molar-refractivity contribution in [3.05, 3.63) is 36.4 Å². The molecular weight excluding hydrogens is 520 g/mol. The molecule has 1 spiro atoms. The number of methoxy groups -OCH3 is 1. The first-order valence-corrected chi connectivity index (χ1v) is 15.6. The third-order valence-corrected chi connectivity index (χ3v) is 10.1. The van der Waals surface area contributed by atoms with Gasteiger partial charge in [0.15, 0.2) is 0 Å². The quantitative estimate of drug-likeness (QED) is 0.470. The highest BCUT2D eigenvalue weighted by molar-refractivity contribution is 6.02. The molecule has 222 valence electrons. The van der Waals surface area contributed by atoms with Crippen LogP contribution in [0.2, 0.25) is 0 Å². The third-order valence-electron chi connectivity index (χ3n) is 10.1. The largest absolute Gasteiger partial charge is 0.497 e. The van der Waals surface area contributed by atoms with Crippen molar-refractivity contribution in [3.8, 4) is 5.75 Å². The Morgan fingerprint density at radius 1 is 1.05 bits per heavy atom. The van der Waals surface area contributed by atoms with Gasteiger partial charge in [-0.3, -0.25) is 14.4 Å². The van der Waals surface area contributed by atoms with Gasteiger partial charge >= 0.3 is 0 Å². The van der Waals surface area contributed by atoms with Crippen molar-refractivity contribution in [1.29, 1.82) is 0 Å². The summed E-state index contributed by atoms with van der Waals surface area (Å²) in [6.45, 7) is 5.38. The Labute approximate surface area is 243 Å². The molecule has 0 radical (unpaired) electrons. The topological polar surface area (TPSA) is 100 Å². The lowest BCUT2D eigenvalue weighted by Gasteiger charge is -2.36. The molecule has 2 bridgehead atoms. The van der Waals surface area contributed by atoms with Crippen molar-refractivity contribution in [2.24, 2.45) is 17.8 Å². The molecule has 1 aromatic rings. The van der Waals surface area contributed by atoms with E-state index in [1.54, 1.807) is 24.1 Å². The van der Waals surface area contributed by atoms with Crippen LogP contribution in [0.5, 0.6) is 5.75 Å². The standard InChI is InChI=1S/C32H44N4O5/c1-21-10-5-6-13-24(21)34-30(38)28-32-15-14-25(41-32)26(29(37)33-22-11-9-12-23(20-22)40-2)27(32)31(39)36(28)19-18-35-16-7-3-4-8-17-35/h9,11-12,14-15,20-21,24-28H,3-8,10,13,16-19H2,1-2H3,(H,33,37)(H,34,38)/t21-,24+,25-,26+,27-,28-,32-/m0/s1. The maximum atomic E-state index is 14.3. The number of fused-ring (bicyclic) bond motifs is 1. The number of likely N-dealkylation sites (tertiary alicyclic amines) is 2. The van der Waals surface area contributed by atoms with E-state index in [4.69, 9.17) is 9.47 Å². The van der Waals surface area contributed by atoms with Crippen LogP contribution in [-0.2, 0) is 19.1 Å². The number of ether oxygens (including phenoxy) is 2. The summed E-state index contributed by atoms with van der Waals surface area (Å²) in [5.74, 6) is -1.03. The van der Waals surface area contributed by atoms with Crippen molar-refractivity contribution in [2.75, 3.05) is 38.6 Å². The van der Waals surface area contributed by atoms with Gasteiger partial charge in [0, 0.05) is 30.9 Å². The molecule has 0 unspecified atom stereocenters. The second-order valence-electron chi connectivity index (χ2n) is 12.6. The van der Waals surface area contributed by atoms with Crippen molar-refractivity contribution >= 4 is 23.4 Å². The summed E-state index contributed by atoms with van der Waals surface area (Å²) in [5.41, 5.74) is -0.543. The van der Waals surface area contributed by atoms with Gasteiger partial charge in [-0.1, -0.05) is 50.8 Å². The van der Waals surface area contributed by atoms with Gasteiger partial charge in [-0.25, -0.2) is 0 Å².